The molecule has 2 aromatic rings. The van der Waals surface area contributed by atoms with Crippen LogP contribution >= 0.6 is 0 Å². The average molecular weight is 461 g/mol. The van der Waals surface area contributed by atoms with Crippen molar-refractivity contribution in [1.82, 2.24) is 10.2 Å². The number of amides is 3. The van der Waals surface area contributed by atoms with Crippen molar-refractivity contribution in [3.05, 3.63) is 53.6 Å². The van der Waals surface area contributed by atoms with Crippen molar-refractivity contribution in [3.8, 4) is 11.1 Å². The number of fused-ring (bicyclic) bond motifs is 2. The van der Waals surface area contributed by atoms with Gasteiger partial charge in [0.15, 0.2) is 6.54 Å². The van der Waals surface area contributed by atoms with Crippen LogP contribution in [0, 0.1) is 0 Å². The summed E-state index contributed by atoms with van der Waals surface area (Å²) in [4.78, 5) is 39.6. The van der Waals surface area contributed by atoms with E-state index in [1.807, 2.05) is 0 Å². The zero-order chi connectivity index (χ0) is 23.8. The van der Waals surface area contributed by atoms with Crippen molar-refractivity contribution in [2.24, 2.45) is 0 Å². The third-order valence-electron chi connectivity index (χ3n) is 5.95. The number of halogens is 3. The number of piperidine rings is 1. The number of hydrogen-bond acceptors (Lipinski definition) is 3. The largest absolute Gasteiger partial charge is 0.416 e. The van der Waals surface area contributed by atoms with E-state index in [9.17, 15) is 27.6 Å². The molecular formula is C23H24F3N4O3+. The Morgan fingerprint density at radius 2 is 1.94 bits per heavy atom. The minimum absolute atomic E-state index is 0.134. The van der Waals surface area contributed by atoms with Gasteiger partial charge in [0.1, 0.15) is 6.04 Å². The lowest BCUT2D eigenvalue weighted by molar-refractivity contribution is -0.615. The summed E-state index contributed by atoms with van der Waals surface area (Å²) in [5.74, 6) is -0.853. The standard InChI is InChI=1S/C23H23F3N4O3/c1-27-12-20(31)28-16-7-8-30-19(11-16)21(32)29-18-6-5-14(10-17(18)22(30)33)13-3-2-4-15(9-13)23(24,25)26/h2-6,9-10,16,19,27H,7-8,11-12H2,1H3,(H,28,31)(H,29,32)/p+1/t16-,19-/m0/s1. The predicted octanol–water partition coefficient (Wildman–Crippen LogP) is 1.61. The van der Waals surface area contributed by atoms with Crippen LogP contribution < -0.4 is 16.0 Å². The van der Waals surface area contributed by atoms with Gasteiger partial charge in [-0.1, -0.05) is 18.2 Å². The normalized spacial score (nSPS) is 20.4. The first kappa shape index (κ1) is 22.8. The van der Waals surface area contributed by atoms with Gasteiger partial charge in [0, 0.05) is 12.6 Å². The Morgan fingerprint density at radius 1 is 1.18 bits per heavy atom. The molecule has 0 radical (unpaired) electrons. The second-order valence-corrected chi connectivity index (χ2v) is 8.24. The van der Waals surface area contributed by atoms with Crippen LogP contribution in [0.3, 0.4) is 0 Å². The number of likely N-dealkylation sites (N-methyl/N-ethyl adjacent to an activating group) is 1. The third-order valence-corrected chi connectivity index (χ3v) is 5.95. The molecule has 2 aromatic carbocycles. The highest BCUT2D eigenvalue weighted by molar-refractivity contribution is 6.10. The maximum atomic E-state index is 13.3. The number of alkyl halides is 3. The van der Waals surface area contributed by atoms with Crippen molar-refractivity contribution >= 4 is 23.4 Å². The summed E-state index contributed by atoms with van der Waals surface area (Å²) in [7, 11) is 1.78. The van der Waals surface area contributed by atoms with Gasteiger partial charge in [0.05, 0.1) is 23.9 Å². The fraction of sp³-hybridized carbons (Fsp3) is 0.348. The number of rotatable bonds is 4. The van der Waals surface area contributed by atoms with Crippen molar-refractivity contribution in [2.75, 3.05) is 25.5 Å². The predicted molar refractivity (Wildman–Crippen MR) is 114 cm³/mol. The SMILES string of the molecule is C[NH2+]CC(=O)N[C@H]1CCN2C(=O)c3cc(-c4cccc(C(F)(F)F)c4)ccc3NC(=O)[C@@H]2C1. The van der Waals surface area contributed by atoms with Crippen LogP contribution in [0.25, 0.3) is 11.1 Å². The van der Waals surface area contributed by atoms with Gasteiger partial charge in [-0.25, -0.2) is 0 Å². The fourth-order valence-electron chi connectivity index (χ4n) is 4.32. The molecule has 1 fully saturated rings. The summed E-state index contributed by atoms with van der Waals surface area (Å²) in [5, 5.41) is 7.40. The molecule has 174 valence electrons. The van der Waals surface area contributed by atoms with E-state index in [1.165, 1.54) is 23.1 Å². The maximum Gasteiger partial charge on any atom is 0.416 e. The van der Waals surface area contributed by atoms with E-state index in [4.69, 9.17) is 0 Å². The van der Waals surface area contributed by atoms with Gasteiger partial charge in [-0.15, -0.1) is 0 Å². The third kappa shape index (κ3) is 4.70. The number of hydrogen-bond donors (Lipinski definition) is 3. The molecule has 2 aliphatic heterocycles. The van der Waals surface area contributed by atoms with Crippen molar-refractivity contribution < 1.29 is 32.9 Å². The van der Waals surface area contributed by atoms with Crippen LogP contribution in [-0.2, 0) is 15.8 Å². The second-order valence-electron chi connectivity index (χ2n) is 8.24. The summed E-state index contributed by atoms with van der Waals surface area (Å²) in [6.07, 6.45) is -3.68. The molecule has 7 nitrogen and oxygen atoms in total. The van der Waals surface area contributed by atoms with Crippen LogP contribution in [0.15, 0.2) is 42.5 Å². The Balaban J connectivity index is 1.61. The molecule has 4 rings (SSSR count). The topological polar surface area (TPSA) is 95.1 Å². The molecule has 0 aliphatic carbocycles. The van der Waals surface area contributed by atoms with Gasteiger partial charge in [0.25, 0.3) is 11.8 Å². The minimum Gasteiger partial charge on any atom is -0.348 e. The Kier molecular flexibility index (Phi) is 6.11. The molecule has 0 unspecified atom stereocenters. The zero-order valence-corrected chi connectivity index (χ0v) is 17.9. The van der Waals surface area contributed by atoms with Crippen molar-refractivity contribution in [1.29, 1.82) is 0 Å². The number of anilines is 1. The first-order valence-corrected chi connectivity index (χ1v) is 10.7. The number of carbonyl (C=O) groups excluding carboxylic acids is 3. The number of nitrogens with two attached hydrogens (primary N) is 1. The molecule has 0 saturated carbocycles. The maximum absolute atomic E-state index is 13.3. The van der Waals surface area contributed by atoms with E-state index in [1.54, 1.807) is 24.5 Å². The smallest absolute Gasteiger partial charge is 0.348 e. The van der Waals surface area contributed by atoms with Gasteiger partial charge in [0.2, 0.25) is 5.91 Å². The zero-order valence-electron chi connectivity index (χ0n) is 17.9. The van der Waals surface area contributed by atoms with E-state index in [-0.39, 0.29) is 42.4 Å². The first-order chi connectivity index (χ1) is 15.7. The second kappa shape index (κ2) is 8.86. The molecule has 2 heterocycles. The number of benzene rings is 2. The highest BCUT2D eigenvalue weighted by Gasteiger charge is 2.40. The molecule has 1 saturated heterocycles. The molecular weight excluding hydrogens is 437 g/mol. The molecule has 2 aliphatic rings. The molecule has 2 atom stereocenters. The van der Waals surface area contributed by atoms with Gasteiger partial charge in [-0.05, 0) is 48.2 Å². The number of nitrogens with one attached hydrogen (secondary N) is 2. The van der Waals surface area contributed by atoms with E-state index in [0.717, 1.165) is 12.1 Å². The van der Waals surface area contributed by atoms with Crippen molar-refractivity contribution in [2.45, 2.75) is 31.1 Å². The summed E-state index contributed by atoms with van der Waals surface area (Å²) >= 11 is 0. The van der Waals surface area contributed by atoms with Gasteiger partial charge >= 0.3 is 6.18 Å². The van der Waals surface area contributed by atoms with Gasteiger partial charge in [-0.3, -0.25) is 14.4 Å². The summed E-state index contributed by atoms with van der Waals surface area (Å²) < 4.78 is 39.4. The fourth-order valence-corrected chi connectivity index (χ4v) is 4.32. The molecule has 0 spiro atoms. The van der Waals surface area contributed by atoms with Crippen LogP contribution in [0.5, 0.6) is 0 Å². The Hall–Kier alpha value is -3.40. The van der Waals surface area contributed by atoms with Crippen LogP contribution in [0.2, 0.25) is 0 Å². The van der Waals surface area contributed by atoms with Gasteiger partial charge < -0.3 is 20.9 Å². The summed E-state index contributed by atoms with van der Waals surface area (Å²) in [5.41, 5.74) is 0.528. The number of nitrogens with zero attached hydrogens (tertiary/aromatic N) is 1. The summed E-state index contributed by atoms with van der Waals surface area (Å²) in [6.45, 7) is 0.560. The van der Waals surface area contributed by atoms with E-state index < -0.39 is 17.8 Å². The Bertz CT molecular complexity index is 1100. The average Bonchev–Trinajstić information content (AvgIpc) is 2.88. The molecule has 10 heteroatoms. The lowest BCUT2D eigenvalue weighted by Gasteiger charge is -2.37. The quantitative estimate of drug-likeness (QED) is 0.646. The molecule has 0 aromatic heterocycles. The lowest BCUT2D eigenvalue weighted by atomic mass is 9.95. The number of quaternary nitrogens is 1. The minimum atomic E-state index is -4.48. The molecule has 4 N–H and O–H groups in total. The van der Waals surface area contributed by atoms with Crippen molar-refractivity contribution in [3.63, 3.8) is 0 Å². The molecule has 33 heavy (non-hydrogen) atoms. The molecule has 0 bridgehead atoms. The monoisotopic (exact) mass is 461 g/mol. The van der Waals surface area contributed by atoms with Crippen LogP contribution in [0.1, 0.15) is 28.8 Å². The highest BCUT2D eigenvalue weighted by Crippen LogP contribution is 2.35. The van der Waals surface area contributed by atoms with E-state index in [0.29, 0.717) is 29.7 Å². The first-order valence-electron chi connectivity index (χ1n) is 10.7. The molecule has 3 amide bonds. The van der Waals surface area contributed by atoms with Gasteiger partial charge in [-0.2, -0.15) is 13.2 Å². The highest BCUT2D eigenvalue weighted by atomic mass is 19.4. The van der Waals surface area contributed by atoms with Crippen LogP contribution in [-0.4, -0.2) is 54.8 Å². The number of carbonyl (C=O) groups is 3. The summed E-state index contributed by atoms with van der Waals surface area (Å²) in [6, 6.07) is 8.55. The van der Waals surface area contributed by atoms with Crippen LogP contribution in [0.4, 0.5) is 18.9 Å². The Labute approximate surface area is 188 Å². The lowest BCUT2D eigenvalue weighted by Crippen LogP contribution is -2.82. The van der Waals surface area contributed by atoms with E-state index in [2.05, 4.69) is 10.6 Å². The Morgan fingerprint density at radius 3 is 2.67 bits per heavy atom. The van der Waals surface area contributed by atoms with E-state index >= 15 is 0 Å².